The van der Waals surface area contributed by atoms with Crippen molar-refractivity contribution in [1.82, 2.24) is 10.3 Å². The number of nitrogens with zero attached hydrogens (tertiary/aromatic N) is 1. The molecule has 2 amide bonds. The Labute approximate surface area is 124 Å². The molecule has 1 aromatic heterocycles. The third-order valence-corrected chi connectivity index (χ3v) is 4.92. The highest BCUT2D eigenvalue weighted by atomic mass is 16.2. The third kappa shape index (κ3) is 3.06. The first-order valence-corrected chi connectivity index (χ1v) is 7.65. The van der Waals surface area contributed by atoms with Crippen molar-refractivity contribution in [1.29, 1.82) is 0 Å². The van der Waals surface area contributed by atoms with Crippen LogP contribution in [0, 0.1) is 17.8 Å². The molecule has 0 aliphatic heterocycles. The van der Waals surface area contributed by atoms with Gasteiger partial charge in [0.25, 0.3) is 0 Å². The average molecular weight is 287 g/mol. The summed E-state index contributed by atoms with van der Waals surface area (Å²) in [4.78, 5) is 27.7. The highest BCUT2D eigenvalue weighted by Crippen LogP contribution is 2.49. The maximum atomic E-state index is 12.0. The number of hydrogen-bond acceptors (Lipinski definition) is 3. The van der Waals surface area contributed by atoms with Crippen molar-refractivity contribution >= 4 is 17.5 Å². The van der Waals surface area contributed by atoms with Crippen LogP contribution in [0.25, 0.3) is 0 Å². The SMILES string of the molecule is CC(NC(=O)C(=O)Nc1cccnc1)C1CC2CCC1C2. The molecule has 2 bridgehead atoms. The van der Waals surface area contributed by atoms with Crippen molar-refractivity contribution in [2.75, 3.05) is 5.32 Å². The monoisotopic (exact) mass is 287 g/mol. The van der Waals surface area contributed by atoms with Crippen LogP contribution in [0.5, 0.6) is 0 Å². The standard InChI is InChI=1S/C16H21N3O2/c1-10(14-8-11-4-5-12(14)7-11)18-15(20)16(21)19-13-3-2-6-17-9-13/h2-3,6,9-12,14H,4-5,7-8H2,1H3,(H,18,20)(H,19,21). The topological polar surface area (TPSA) is 71.1 Å². The van der Waals surface area contributed by atoms with Gasteiger partial charge in [-0.1, -0.05) is 6.42 Å². The molecule has 2 fully saturated rings. The summed E-state index contributed by atoms with van der Waals surface area (Å²) in [5.74, 6) is 0.904. The van der Waals surface area contributed by atoms with Crippen LogP contribution < -0.4 is 10.6 Å². The molecule has 3 rings (SSSR count). The molecule has 5 heteroatoms. The van der Waals surface area contributed by atoms with Crippen LogP contribution in [0.2, 0.25) is 0 Å². The summed E-state index contributed by atoms with van der Waals surface area (Å²) in [5.41, 5.74) is 0.533. The second-order valence-corrected chi connectivity index (χ2v) is 6.30. The number of aromatic nitrogens is 1. The molecule has 2 aliphatic carbocycles. The van der Waals surface area contributed by atoms with Crippen LogP contribution in [0.3, 0.4) is 0 Å². The Morgan fingerprint density at radius 1 is 1.29 bits per heavy atom. The largest absolute Gasteiger partial charge is 0.345 e. The van der Waals surface area contributed by atoms with E-state index in [0.717, 1.165) is 11.8 Å². The number of carbonyl (C=O) groups excluding carboxylic acids is 2. The molecule has 5 nitrogen and oxygen atoms in total. The van der Waals surface area contributed by atoms with E-state index in [4.69, 9.17) is 0 Å². The minimum absolute atomic E-state index is 0.0625. The lowest BCUT2D eigenvalue weighted by Crippen LogP contribution is -2.45. The van der Waals surface area contributed by atoms with E-state index in [1.165, 1.54) is 31.9 Å². The Bertz CT molecular complexity index is 532. The van der Waals surface area contributed by atoms with Crippen molar-refractivity contribution in [3.63, 3.8) is 0 Å². The van der Waals surface area contributed by atoms with Crippen LogP contribution >= 0.6 is 0 Å². The quantitative estimate of drug-likeness (QED) is 0.835. The van der Waals surface area contributed by atoms with E-state index in [9.17, 15) is 9.59 Å². The van der Waals surface area contributed by atoms with Crippen LogP contribution in [-0.4, -0.2) is 22.8 Å². The maximum absolute atomic E-state index is 12.0. The number of carbonyl (C=O) groups is 2. The molecule has 0 saturated heterocycles. The minimum Gasteiger partial charge on any atom is -0.345 e. The summed E-state index contributed by atoms with van der Waals surface area (Å²) in [5, 5.41) is 5.41. The molecule has 2 aliphatic rings. The second-order valence-electron chi connectivity index (χ2n) is 6.30. The van der Waals surface area contributed by atoms with Crippen molar-refractivity contribution in [2.45, 2.75) is 38.6 Å². The molecule has 112 valence electrons. The number of hydrogen-bond donors (Lipinski definition) is 2. The van der Waals surface area contributed by atoms with Crippen LogP contribution in [0.15, 0.2) is 24.5 Å². The summed E-state index contributed by atoms with van der Waals surface area (Å²) in [6, 6.07) is 3.48. The predicted octanol–water partition coefficient (Wildman–Crippen LogP) is 1.96. The van der Waals surface area contributed by atoms with Crippen molar-refractivity contribution in [3.05, 3.63) is 24.5 Å². The molecule has 0 radical (unpaired) electrons. The fourth-order valence-corrected chi connectivity index (χ4v) is 3.91. The van der Waals surface area contributed by atoms with E-state index in [1.54, 1.807) is 18.3 Å². The van der Waals surface area contributed by atoms with Gasteiger partial charge in [0, 0.05) is 12.2 Å². The van der Waals surface area contributed by atoms with Crippen LogP contribution in [-0.2, 0) is 9.59 Å². The molecule has 4 atom stereocenters. The third-order valence-electron chi connectivity index (χ3n) is 4.92. The van der Waals surface area contributed by atoms with Gasteiger partial charge in [0.15, 0.2) is 0 Å². The summed E-state index contributed by atoms with van der Waals surface area (Å²) < 4.78 is 0. The first-order valence-electron chi connectivity index (χ1n) is 7.65. The van der Waals surface area contributed by atoms with Crippen molar-refractivity contribution < 1.29 is 9.59 Å². The zero-order chi connectivity index (χ0) is 14.8. The Morgan fingerprint density at radius 2 is 2.14 bits per heavy atom. The van der Waals surface area contributed by atoms with Gasteiger partial charge in [0.1, 0.15) is 0 Å². The van der Waals surface area contributed by atoms with Gasteiger partial charge in [-0.3, -0.25) is 14.6 Å². The van der Waals surface area contributed by atoms with Gasteiger partial charge in [0.05, 0.1) is 11.9 Å². The highest BCUT2D eigenvalue weighted by Gasteiger charge is 2.42. The van der Waals surface area contributed by atoms with Gasteiger partial charge in [-0.25, -0.2) is 0 Å². The van der Waals surface area contributed by atoms with Crippen molar-refractivity contribution in [3.8, 4) is 0 Å². The number of nitrogens with one attached hydrogen (secondary N) is 2. The van der Waals surface area contributed by atoms with Crippen LogP contribution in [0.4, 0.5) is 5.69 Å². The molecule has 1 heterocycles. The lowest BCUT2D eigenvalue weighted by molar-refractivity contribution is -0.136. The molecule has 2 N–H and O–H groups in total. The maximum Gasteiger partial charge on any atom is 0.313 e. The molecular formula is C16H21N3O2. The summed E-state index contributed by atoms with van der Waals surface area (Å²) in [6.45, 7) is 2.01. The lowest BCUT2D eigenvalue weighted by Gasteiger charge is -2.28. The lowest BCUT2D eigenvalue weighted by atomic mass is 9.84. The summed E-state index contributed by atoms with van der Waals surface area (Å²) in [7, 11) is 0. The highest BCUT2D eigenvalue weighted by molar-refractivity contribution is 6.39. The number of amides is 2. The van der Waals surface area contributed by atoms with E-state index in [2.05, 4.69) is 15.6 Å². The molecule has 0 aromatic carbocycles. The molecule has 0 spiro atoms. The Balaban J connectivity index is 1.52. The van der Waals surface area contributed by atoms with E-state index >= 15 is 0 Å². The summed E-state index contributed by atoms with van der Waals surface area (Å²) in [6.07, 6.45) is 8.24. The number of fused-ring (bicyclic) bond motifs is 2. The van der Waals surface area contributed by atoms with Crippen LogP contribution in [0.1, 0.15) is 32.6 Å². The van der Waals surface area contributed by atoms with E-state index in [-0.39, 0.29) is 6.04 Å². The zero-order valence-electron chi connectivity index (χ0n) is 12.2. The first-order chi connectivity index (χ1) is 10.1. The number of rotatable bonds is 3. The Hall–Kier alpha value is -1.91. The zero-order valence-corrected chi connectivity index (χ0v) is 12.2. The van der Waals surface area contributed by atoms with E-state index in [1.807, 2.05) is 6.92 Å². The normalized spacial score (nSPS) is 28.1. The fraction of sp³-hybridized carbons (Fsp3) is 0.562. The Morgan fingerprint density at radius 3 is 2.76 bits per heavy atom. The van der Waals surface area contributed by atoms with E-state index < -0.39 is 11.8 Å². The van der Waals surface area contributed by atoms with Gasteiger partial charge >= 0.3 is 11.8 Å². The molecule has 1 aromatic rings. The molecule has 4 unspecified atom stereocenters. The second kappa shape index (κ2) is 5.84. The fourth-order valence-electron chi connectivity index (χ4n) is 3.91. The minimum atomic E-state index is -0.627. The van der Waals surface area contributed by atoms with Gasteiger partial charge in [-0.05, 0) is 56.1 Å². The molecule has 21 heavy (non-hydrogen) atoms. The number of pyridine rings is 1. The Kier molecular flexibility index (Phi) is 3.90. The summed E-state index contributed by atoms with van der Waals surface area (Å²) >= 11 is 0. The smallest absolute Gasteiger partial charge is 0.313 e. The van der Waals surface area contributed by atoms with Crippen molar-refractivity contribution in [2.24, 2.45) is 17.8 Å². The molecular weight excluding hydrogens is 266 g/mol. The predicted molar refractivity (Wildman–Crippen MR) is 79.4 cm³/mol. The van der Waals surface area contributed by atoms with Gasteiger partial charge < -0.3 is 10.6 Å². The van der Waals surface area contributed by atoms with Gasteiger partial charge in [-0.15, -0.1) is 0 Å². The van der Waals surface area contributed by atoms with Gasteiger partial charge in [0.2, 0.25) is 0 Å². The molecule has 2 saturated carbocycles. The average Bonchev–Trinajstić information content (AvgIpc) is 3.11. The number of anilines is 1. The van der Waals surface area contributed by atoms with E-state index in [0.29, 0.717) is 11.6 Å². The van der Waals surface area contributed by atoms with Gasteiger partial charge in [-0.2, -0.15) is 0 Å². The first kappa shape index (κ1) is 14.0.